The second kappa shape index (κ2) is 11.6. The van der Waals surface area contributed by atoms with Crippen molar-refractivity contribution < 1.29 is 27.5 Å². The molecule has 0 unspecified atom stereocenters. The fourth-order valence-electron chi connectivity index (χ4n) is 5.00. The standard InChI is InChI=1S/C30H38N4O6S/c1-20-8-11-25(12-9-20)41(37,38)34-22(3)31-26-18-24(10-13-27(26)34)33(19-21(2)28(35)39-7)23-14-16-32(17-15-23)29(36)40-30(4,5)6/h8-13,18,23H,2,14-17,19H2,1,3-7H3. The summed E-state index contributed by atoms with van der Waals surface area (Å²) in [6.45, 7) is 14.2. The number of hydrogen-bond donors (Lipinski definition) is 0. The van der Waals surface area contributed by atoms with Crippen molar-refractivity contribution in [1.82, 2.24) is 13.9 Å². The van der Waals surface area contributed by atoms with Crippen molar-refractivity contribution in [3.8, 4) is 0 Å². The first-order chi connectivity index (χ1) is 19.2. The maximum Gasteiger partial charge on any atom is 0.410 e. The summed E-state index contributed by atoms with van der Waals surface area (Å²) < 4.78 is 38.8. The summed E-state index contributed by atoms with van der Waals surface area (Å²) in [6, 6.07) is 12.1. The van der Waals surface area contributed by atoms with Crippen LogP contribution in [0.15, 0.2) is 59.5 Å². The first kappa shape index (κ1) is 30.1. The Bertz CT molecular complexity index is 1560. The number of aromatic nitrogens is 2. The van der Waals surface area contributed by atoms with E-state index in [2.05, 4.69) is 11.6 Å². The van der Waals surface area contributed by atoms with Gasteiger partial charge in [-0.1, -0.05) is 24.3 Å². The molecule has 1 aromatic heterocycles. The molecule has 220 valence electrons. The third-order valence-corrected chi connectivity index (χ3v) is 8.85. The number of benzene rings is 2. The molecule has 41 heavy (non-hydrogen) atoms. The van der Waals surface area contributed by atoms with Gasteiger partial charge in [-0.25, -0.2) is 27.0 Å². The molecule has 2 heterocycles. The number of piperidine rings is 1. The van der Waals surface area contributed by atoms with Crippen LogP contribution in [0.2, 0.25) is 0 Å². The van der Waals surface area contributed by atoms with E-state index in [-0.39, 0.29) is 29.1 Å². The van der Waals surface area contributed by atoms with Gasteiger partial charge >= 0.3 is 12.1 Å². The second-order valence-electron chi connectivity index (χ2n) is 11.3. The van der Waals surface area contributed by atoms with Crippen LogP contribution in [0.25, 0.3) is 11.0 Å². The zero-order valence-electron chi connectivity index (χ0n) is 24.5. The van der Waals surface area contributed by atoms with Gasteiger partial charge in [-0.2, -0.15) is 0 Å². The molecular weight excluding hydrogens is 544 g/mol. The number of likely N-dealkylation sites (tertiary alicyclic amines) is 1. The lowest BCUT2D eigenvalue weighted by atomic mass is 10.0. The van der Waals surface area contributed by atoms with Crippen LogP contribution in [-0.2, 0) is 24.3 Å². The largest absolute Gasteiger partial charge is 0.466 e. The number of ether oxygens (including phenoxy) is 2. The van der Waals surface area contributed by atoms with E-state index in [1.54, 1.807) is 42.2 Å². The Morgan fingerprint density at radius 3 is 2.29 bits per heavy atom. The summed E-state index contributed by atoms with van der Waals surface area (Å²) in [7, 11) is -2.56. The third-order valence-electron chi connectivity index (χ3n) is 7.04. The van der Waals surface area contributed by atoms with Crippen LogP contribution in [0.5, 0.6) is 0 Å². The van der Waals surface area contributed by atoms with Crippen molar-refractivity contribution in [3.05, 3.63) is 66.0 Å². The first-order valence-electron chi connectivity index (χ1n) is 13.5. The molecule has 10 nitrogen and oxygen atoms in total. The van der Waals surface area contributed by atoms with Crippen molar-refractivity contribution in [2.24, 2.45) is 0 Å². The number of fused-ring (bicyclic) bond motifs is 1. The van der Waals surface area contributed by atoms with Crippen LogP contribution < -0.4 is 4.90 Å². The van der Waals surface area contributed by atoms with E-state index in [0.717, 1.165) is 11.3 Å². The summed E-state index contributed by atoms with van der Waals surface area (Å²) in [4.78, 5) is 33.4. The van der Waals surface area contributed by atoms with Crippen molar-refractivity contribution in [1.29, 1.82) is 0 Å². The third kappa shape index (κ3) is 6.56. The predicted molar refractivity (Wildman–Crippen MR) is 158 cm³/mol. The monoisotopic (exact) mass is 582 g/mol. The van der Waals surface area contributed by atoms with Gasteiger partial charge in [0.1, 0.15) is 11.4 Å². The molecule has 1 amide bonds. The van der Waals surface area contributed by atoms with E-state index in [0.29, 0.717) is 42.8 Å². The van der Waals surface area contributed by atoms with Crippen molar-refractivity contribution in [2.45, 2.75) is 64.0 Å². The number of carbonyl (C=O) groups excluding carboxylic acids is 2. The molecule has 0 bridgehead atoms. The van der Waals surface area contributed by atoms with E-state index in [9.17, 15) is 18.0 Å². The van der Waals surface area contributed by atoms with Gasteiger partial charge in [0.05, 0.1) is 23.0 Å². The second-order valence-corrected chi connectivity index (χ2v) is 13.1. The Hall–Kier alpha value is -3.86. The molecule has 0 aliphatic carbocycles. The highest BCUT2D eigenvalue weighted by molar-refractivity contribution is 7.90. The van der Waals surface area contributed by atoms with E-state index >= 15 is 0 Å². The first-order valence-corrected chi connectivity index (χ1v) is 15.0. The molecule has 2 aromatic carbocycles. The topological polar surface area (TPSA) is 111 Å². The fourth-order valence-corrected chi connectivity index (χ4v) is 6.49. The predicted octanol–water partition coefficient (Wildman–Crippen LogP) is 4.83. The summed E-state index contributed by atoms with van der Waals surface area (Å²) in [5.74, 6) is -0.166. The van der Waals surface area contributed by atoms with E-state index in [1.165, 1.54) is 11.1 Å². The Labute approximate surface area is 241 Å². The van der Waals surface area contributed by atoms with Crippen LogP contribution >= 0.6 is 0 Å². The maximum atomic E-state index is 13.5. The lowest BCUT2D eigenvalue weighted by molar-refractivity contribution is -0.136. The molecule has 1 aliphatic rings. The van der Waals surface area contributed by atoms with E-state index in [1.807, 2.05) is 44.7 Å². The molecule has 3 aromatic rings. The summed E-state index contributed by atoms with van der Waals surface area (Å²) in [5, 5.41) is 0. The van der Waals surface area contributed by atoms with Gasteiger partial charge in [-0.05, 0) is 77.8 Å². The van der Waals surface area contributed by atoms with Crippen LogP contribution in [0.1, 0.15) is 45.0 Å². The Morgan fingerprint density at radius 2 is 1.71 bits per heavy atom. The van der Waals surface area contributed by atoms with Gasteiger partial charge in [-0.15, -0.1) is 0 Å². The summed E-state index contributed by atoms with van der Waals surface area (Å²) in [5.41, 5.74) is 2.39. The zero-order chi connectivity index (χ0) is 30.1. The molecule has 1 saturated heterocycles. The molecule has 0 spiro atoms. The van der Waals surface area contributed by atoms with Gasteiger partial charge in [0.2, 0.25) is 0 Å². The molecule has 0 atom stereocenters. The molecular formula is C30H38N4O6S. The normalized spacial score (nSPS) is 14.6. The minimum absolute atomic E-state index is 0.0213. The molecule has 11 heteroatoms. The number of esters is 1. The number of carbonyl (C=O) groups is 2. The Morgan fingerprint density at radius 1 is 1.07 bits per heavy atom. The molecule has 0 saturated carbocycles. The lowest BCUT2D eigenvalue weighted by Crippen LogP contribution is -2.48. The molecule has 0 N–H and O–H groups in total. The SMILES string of the molecule is C=C(CN(c1ccc2c(c1)nc(C)n2S(=O)(=O)c1ccc(C)cc1)C1CCN(C(=O)OC(C)(C)C)CC1)C(=O)OC. The fraction of sp³-hybridized carbons (Fsp3) is 0.433. The molecule has 4 rings (SSSR count). The van der Waals surface area contributed by atoms with Crippen LogP contribution in [0.4, 0.5) is 10.5 Å². The number of rotatable bonds is 7. The van der Waals surface area contributed by atoms with Gasteiger partial charge in [0.25, 0.3) is 10.0 Å². The average molecular weight is 583 g/mol. The Kier molecular flexibility index (Phi) is 8.49. The zero-order valence-corrected chi connectivity index (χ0v) is 25.3. The molecule has 0 radical (unpaired) electrons. The van der Waals surface area contributed by atoms with Gasteiger partial charge in [0.15, 0.2) is 0 Å². The van der Waals surface area contributed by atoms with Crippen LogP contribution in [0, 0.1) is 13.8 Å². The highest BCUT2D eigenvalue weighted by Crippen LogP contribution is 2.31. The highest BCUT2D eigenvalue weighted by Gasteiger charge is 2.31. The molecule has 1 aliphatic heterocycles. The van der Waals surface area contributed by atoms with Gasteiger partial charge in [-0.3, -0.25) is 0 Å². The number of aryl methyl sites for hydroxylation is 2. The summed E-state index contributed by atoms with van der Waals surface area (Å²) in [6.07, 6.45) is 0.931. The van der Waals surface area contributed by atoms with Gasteiger partial charge in [0, 0.05) is 36.9 Å². The van der Waals surface area contributed by atoms with E-state index < -0.39 is 21.6 Å². The minimum Gasteiger partial charge on any atom is -0.466 e. The quantitative estimate of drug-likeness (QED) is 0.288. The lowest BCUT2D eigenvalue weighted by Gasteiger charge is -2.40. The van der Waals surface area contributed by atoms with Crippen molar-refractivity contribution in [3.63, 3.8) is 0 Å². The smallest absolute Gasteiger partial charge is 0.410 e. The van der Waals surface area contributed by atoms with Gasteiger partial charge < -0.3 is 19.3 Å². The number of amides is 1. The number of methoxy groups -OCH3 is 1. The van der Waals surface area contributed by atoms with Crippen molar-refractivity contribution >= 4 is 38.8 Å². The Balaban J connectivity index is 1.66. The number of imidazole rings is 1. The summed E-state index contributed by atoms with van der Waals surface area (Å²) >= 11 is 0. The number of hydrogen-bond acceptors (Lipinski definition) is 8. The van der Waals surface area contributed by atoms with Crippen LogP contribution in [0.3, 0.4) is 0 Å². The average Bonchev–Trinajstić information content (AvgIpc) is 3.26. The van der Waals surface area contributed by atoms with E-state index in [4.69, 9.17) is 9.47 Å². The maximum absolute atomic E-state index is 13.5. The van der Waals surface area contributed by atoms with Crippen LogP contribution in [-0.4, -0.2) is 72.7 Å². The van der Waals surface area contributed by atoms with Crippen molar-refractivity contribution in [2.75, 3.05) is 31.6 Å². The highest BCUT2D eigenvalue weighted by atomic mass is 32.2. The number of anilines is 1. The minimum atomic E-state index is -3.87. The number of nitrogens with zero attached hydrogens (tertiary/aromatic N) is 4. The molecule has 1 fully saturated rings.